The van der Waals surface area contributed by atoms with E-state index < -0.39 is 6.10 Å². The highest BCUT2D eigenvalue weighted by Gasteiger charge is 2.33. The molecule has 0 aromatic heterocycles. The molecule has 0 bridgehead atoms. The van der Waals surface area contributed by atoms with Gasteiger partial charge in [0.15, 0.2) is 6.10 Å². The standard InChI is InChI=1S/C13H17NO3S/c15-13(14-6-9-18)12-11(16-7-8-17-12)10-4-2-1-3-5-10/h1-5,11-12,18H,6-9H2,(H,14,15)/t11-,12-/m1/s1. The number of carbonyl (C=O) groups is 1. The van der Waals surface area contributed by atoms with Gasteiger partial charge in [-0.05, 0) is 5.56 Å². The summed E-state index contributed by atoms with van der Waals surface area (Å²) < 4.78 is 11.2. The van der Waals surface area contributed by atoms with Crippen LogP contribution in [0.2, 0.25) is 0 Å². The third-order valence-electron chi connectivity index (χ3n) is 2.75. The Hall–Kier alpha value is -1.04. The third kappa shape index (κ3) is 3.25. The van der Waals surface area contributed by atoms with Crippen molar-refractivity contribution in [1.82, 2.24) is 5.32 Å². The topological polar surface area (TPSA) is 47.6 Å². The van der Waals surface area contributed by atoms with Crippen molar-refractivity contribution in [3.05, 3.63) is 35.9 Å². The lowest BCUT2D eigenvalue weighted by Gasteiger charge is -2.31. The van der Waals surface area contributed by atoms with Crippen LogP contribution in [-0.2, 0) is 14.3 Å². The Bertz CT molecular complexity index is 385. The van der Waals surface area contributed by atoms with E-state index in [1.165, 1.54) is 0 Å². The lowest BCUT2D eigenvalue weighted by atomic mass is 10.0. The zero-order valence-electron chi connectivity index (χ0n) is 10.0. The molecular formula is C13H17NO3S. The maximum absolute atomic E-state index is 12.0. The van der Waals surface area contributed by atoms with Crippen LogP contribution in [0.4, 0.5) is 0 Å². The minimum Gasteiger partial charge on any atom is -0.368 e. The number of hydrogen-bond acceptors (Lipinski definition) is 4. The summed E-state index contributed by atoms with van der Waals surface area (Å²) in [7, 11) is 0. The second kappa shape index (κ2) is 6.78. The Morgan fingerprint density at radius 2 is 2.00 bits per heavy atom. The van der Waals surface area contributed by atoms with E-state index in [0.717, 1.165) is 5.56 Å². The first kappa shape index (κ1) is 13.4. The van der Waals surface area contributed by atoms with E-state index in [1.807, 2.05) is 30.3 Å². The molecule has 0 aliphatic carbocycles. The van der Waals surface area contributed by atoms with Gasteiger partial charge < -0.3 is 14.8 Å². The molecule has 1 heterocycles. The summed E-state index contributed by atoms with van der Waals surface area (Å²) in [5.74, 6) is 0.465. The van der Waals surface area contributed by atoms with Crippen LogP contribution in [0.5, 0.6) is 0 Å². The van der Waals surface area contributed by atoms with Gasteiger partial charge in [-0.25, -0.2) is 0 Å². The van der Waals surface area contributed by atoms with Gasteiger partial charge in [0.2, 0.25) is 0 Å². The number of nitrogens with one attached hydrogen (secondary N) is 1. The van der Waals surface area contributed by atoms with Crippen molar-refractivity contribution in [2.75, 3.05) is 25.5 Å². The number of amides is 1. The second-order valence-corrected chi connectivity index (χ2v) is 4.46. The van der Waals surface area contributed by atoms with Crippen molar-refractivity contribution >= 4 is 18.5 Å². The molecular weight excluding hydrogens is 250 g/mol. The highest BCUT2D eigenvalue weighted by Crippen LogP contribution is 2.26. The molecule has 1 aromatic carbocycles. The molecule has 0 saturated carbocycles. The van der Waals surface area contributed by atoms with E-state index in [0.29, 0.717) is 25.5 Å². The number of hydrogen-bond donors (Lipinski definition) is 2. The van der Waals surface area contributed by atoms with E-state index >= 15 is 0 Å². The second-order valence-electron chi connectivity index (χ2n) is 4.01. The first-order valence-electron chi connectivity index (χ1n) is 5.99. The van der Waals surface area contributed by atoms with Crippen molar-refractivity contribution in [2.45, 2.75) is 12.2 Å². The summed E-state index contributed by atoms with van der Waals surface area (Å²) in [5, 5.41) is 2.78. The molecule has 2 rings (SSSR count). The summed E-state index contributed by atoms with van der Waals surface area (Å²) in [6.45, 7) is 1.49. The van der Waals surface area contributed by atoms with E-state index in [-0.39, 0.29) is 12.0 Å². The molecule has 1 N–H and O–H groups in total. The highest BCUT2D eigenvalue weighted by molar-refractivity contribution is 7.80. The number of rotatable bonds is 4. The Balaban J connectivity index is 2.09. The van der Waals surface area contributed by atoms with Gasteiger partial charge in [-0.1, -0.05) is 30.3 Å². The van der Waals surface area contributed by atoms with Crippen LogP contribution in [0.15, 0.2) is 30.3 Å². The molecule has 1 saturated heterocycles. The van der Waals surface area contributed by atoms with E-state index in [1.54, 1.807) is 0 Å². The molecule has 1 aliphatic rings. The number of carbonyl (C=O) groups excluding carboxylic acids is 1. The molecule has 4 nitrogen and oxygen atoms in total. The average Bonchev–Trinajstić information content (AvgIpc) is 2.45. The Morgan fingerprint density at radius 1 is 1.28 bits per heavy atom. The summed E-state index contributed by atoms with van der Waals surface area (Å²) in [5.41, 5.74) is 0.961. The predicted molar refractivity (Wildman–Crippen MR) is 71.7 cm³/mol. The summed E-state index contributed by atoms with van der Waals surface area (Å²) in [4.78, 5) is 12.0. The van der Waals surface area contributed by atoms with Crippen molar-refractivity contribution in [1.29, 1.82) is 0 Å². The Kier molecular flexibility index (Phi) is 5.04. The first-order chi connectivity index (χ1) is 8.83. The van der Waals surface area contributed by atoms with Crippen molar-refractivity contribution in [3.8, 4) is 0 Å². The molecule has 1 aliphatic heterocycles. The lowest BCUT2D eigenvalue weighted by molar-refractivity contribution is -0.166. The molecule has 0 unspecified atom stereocenters. The van der Waals surface area contributed by atoms with Crippen LogP contribution in [0, 0.1) is 0 Å². The van der Waals surface area contributed by atoms with Crippen LogP contribution in [0.25, 0.3) is 0 Å². The number of thiol groups is 1. The molecule has 1 amide bonds. The maximum atomic E-state index is 12.0. The highest BCUT2D eigenvalue weighted by atomic mass is 32.1. The van der Waals surface area contributed by atoms with Crippen molar-refractivity contribution in [2.24, 2.45) is 0 Å². The summed E-state index contributed by atoms with van der Waals surface area (Å²) in [6, 6.07) is 9.67. The van der Waals surface area contributed by atoms with Gasteiger partial charge in [-0.15, -0.1) is 0 Å². The van der Waals surface area contributed by atoms with E-state index in [9.17, 15) is 4.79 Å². The SMILES string of the molecule is O=C(NCCS)[C@@H]1OCCO[C@@H]1c1ccccc1. The minimum absolute atomic E-state index is 0.141. The number of ether oxygens (including phenoxy) is 2. The van der Waals surface area contributed by atoms with Crippen LogP contribution in [0.1, 0.15) is 11.7 Å². The predicted octanol–water partition coefficient (Wildman–Crippen LogP) is 1.19. The summed E-state index contributed by atoms with van der Waals surface area (Å²) >= 11 is 4.06. The monoisotopic (exact) mass is 267 g/mol. The zero-order valence-corrected chi connectivity index (χ0v) is 10.9. The van der Waals surface area contributed by atoms with Crippen LogP contribution in [-0.4, -0.2) is 37.5 Å². The molecule has 1 fully saturated rings. The average molecular weight is 267 g/mol. The van der Waals surface area contributed by atoms with Gasteiger partial charge in [0.25, 0.3) is 5.91 Å². The lowest BCUT2D eigenvalue weighted by Crippen LogP contribution is -2.45. The van der Waals surface area contributed by atoms with E-state index in [2.05, 4.69) is 17.9 Å². The van der Waals surface area contributed by atoms with Gasteiger partial charge in [0, 0.05) is 12.3 Å². The molecule has 0 spiro atoms. The molecule has 5 heteroatoms. The summed E-state index contributed by atoms with van der Waals surface area (Å²) in [6.07, 6.45) is -0.916. The Morgan fingerprint density at radius 3 is 2.72 bits per heavy atom. The van der Waals surface area contributed by atoms with Gasteiger partial charge in [0.1, 0.15) is 6.10 Å². The van der Waals surface area contributed by atoms with Crippen LogP contribution >= 0.6 is 12.6 Å². The van der Waals surface area contributed by atoms with E-state index in [4.69, 9.17) is 9.47 Å². The smallest absolute Gasteiger partial charge is 0.252 e. The van der Waals surface area contributed by atoms with Crippen LogP contribution < -0.4 is 5.32 Å². The fourth-order valence-corrected chi connectivity index (χ4v) is 2.04. The quantitative estimate of drug-likeness (QED) is 0.806. The van der Waals surface area contributed by atoms with Gasteiger partial charge in [-0.3, -0.25) is 4.79 Å². The fourth-order valence-electron chi connectivity index (χ4n) is 1.93. The molecule has 98 valence electrons. The minimum atomic E-state index is -0.582. The molecule has 18 heavy (non-hydrogen) atoms. The Labute approximate surface area is 112 Å². The normalized spacial score (nSPS) is 23.6. The van der Waals surface area contributed by atoms with Crippen molar-refractivity contribution < 1.29 is 14.3 Å². The van der Waals surface area contributed by atoms with Gasteiger partial charge >= 0.3 is 0 Å². The van der Waals surface area contributed by atoms with Crippen LogP contribution in [0.3, 0.4) is 0 Å². The first-order valence-corrected chi connectivity index (χ1v) is 6.63. The maximum Gasteiger partial charge on any atom is 0.252 e. The molecule has 2 atom stereocenters. The van der Waals surface area contributed by atoms with Crippen molar-refractivity contribution in [3.63, 3.8) is 0 Å². The molecule has 1 aromatic rings. The third-order valence-corrected chi connectivity index (χ3v) is 2.97. The molecule has 0 radical (unpaired) electrons. The largest absolute Gasteiger partial charge is 0.368 e. The number of benzene rings is 1. The van der Waals surface area contributed by atoms with Gasteiger partial charge in [-0.2, -0.15) is 12.6 Å². The zero-order chi connectivity index (χ0) is 12.8. The van der Waals surface area contributed by atoms with Gasteiger partial charge in [0.05, 0.1) is 13.2 Å². The fraction of sp³-hybridized carbons (Fsp3) is 0.462.